The number of unbranched alkanes of at least 4 members (excludes halogenated alkanes) is 11. The lowest BCUT2D eigenvalue weighted by molar-refractivity contribution is -0.688. The molecule has 4 nitrogen and oxygen atoms in total. The van der Waals surface area contributed by atoms with Gasteiger partial charge >= 0.3 is 0 Å². The molecular weight excluding hydrogens is 591 g/mol. The van der Waals surface area contributed by atoms with Crippen molar-refractivity contribution in [1.82, 2.24) is 0 Å². The van der Waals surface area contributed by atoms with Crippen LogP contribution in [0.5, 0.6) is 5.75 Å². The molecule has 1 N–H and O–H groups in total. The third kappa shape index (κ3) is 12.6. The Morgan fingerprint density at radius 2 is 1.40 bits per heavy atom. The SMILES string of the molecule is CCCCCCCCCCCCCCOc1c(F)cccc1CC(=O)Nc1ccccc1C[n+]1ccc(C)c(C)c1.[Br-]. The van der Waals surface area contributed by atoms with E-state index in [2.05, 4.69) is 42.9 Å². The fraction of sp³-hybridized carbons (Fsp3) is 0.500. The zero-order valence-corrected chi connectivity index (χ0v) is 27.5. The Kier molecular flexibility index (Phi) is 17.1. The predicted octanol–water partition coefficient (Wildman–Crippen LogP) is 6.04. The number of benzene rings is 2. The number of para-hydroxylation sites is 2. The minimum absolute atomic E-state index is 0. The molecule has 1 aromatic heterocycles. The first-order chi connectivity index (χ1) is 20.0. The summed E-state index contributed by atoms with van der Waals surface area (Å²) >= 11 is 0. The molecule has 0 aliphatic rings. The molecule has 2 aromatic carbocycles. The van der Waals surface area contributed by atoms with Gasteiger partial charge in [-0.2, -0.15) is 0 Å². The second-order valence-electron chi connectivity index (χ2n) is 11.3. The quantitative estimate of drug-likeness (QED) is 0.128. The number of hydrogen-bond donors (Lipinski definition) is 1. The number of aryl methyl sites for hydroxylation is 2. The fourth-order valence-electron chi connectivity index (χ4n) is 5.15. The molecule has 42 heavy (non-hydrogen) atoms. The Morgan fingerprint density at radius 3 is 2.07 bits per heavy atom. The summed E-state index contributed by atoms with van der Waals surface area (Å²) < 4.78 is 22.7. The molecule has 3 aromatic rings. The molecule has 0 spiro atoms. The second kappa shape index (κ2) is 20.2. The van der Waals surface area contributed by atoms with E-state index in [0.29, 0.717) is 18.7 Å². The van der Waals surface area contributed by atoms with Crippen molar-refractivity contribution >= 4 is 11.6 Å². The number of anilines is 1. The van der Waals surface area contributed by atoms with Crippen LogP contribution in [-0.2, 0) is 17.8 Å². The van der Waals surface area contributed by atoms with Crippen molar-refractivity contribution in [2.24, 2.45) is 0 Å². The third-order valence-corrected chi connectivity index (χ3v) is 7.79. The van der Waals surface area contributed by atoms with E-state index in [9.17, 15) is 9.18 Å². The van der Waals surface area contributed by atoms with Gasteiger partial charge < -0.3 is 27.0 Å². The molecule has 0 fully saturated rings. The highest BCUT2D eigenvalue weighted by Gasteiger charge is 2.16. The number of amides is 1. The van der Waals surface area contributed by atoms with Crippen molar-refractivity contribution in [3.05, 3.63) is 89.0 Å². The largest absolute Gasteiger partial charge is 1.00 e. The smallest absolute Gasteiger partial charge is 0.228 e. The van der Waals surface area contributed by atoms with Crippen molar-refractivity contribution in [2.45, 2.75) is 111 Å². The van der Waals surface area contributed by atoms with Crippen molar-refractivity contribution in [3.63, 3.8) is 0 Å². The van der Waals surface area contributed by atoms with Crippen LogP contribution in [0, 0.1) is 19.7 Å². The van der Waals surface area contributed by atoms with E-state index in [-0.39, 0.29) is 35.1 Å². The summed E-state index contributed by atoms with van der Waals surface area (Å²) in [7, 11) is 0. The van der Waals surface area contributed by atoms with E-state index in [1.54, 1.807) is 12.1 Å². The van der Waals surface area contributed by atoms with Crippen molar-refractivity contribution < 1.29 is 35.5 Å². The van der Waals surface area contributed by atoms with Gasteiger partial charge in [0, 0.05) is 22.8 Å². The number of nitrogens with one attached hydrogen (secondary N) is 1. The third-order valence-electron chi connectivity index (χ3n) is 7.79. The highest BCUT2D eigenvalue weighted by molar-refractivity contribution is 5.93. The van der Waals surface area contributed by atoms with Crippen LogP contribution < -0.4 is 31.6 Å². The number of ether oxygens (including phenoxy) is 1. The van der Waals surface area contributed by atoms with Crippen LogP contribution in [0.3, 0.4) is 0 Å². The highest BCUT2D eigenvalue weighted by Crippen LogP contribution is 2.25. The fourth-order valence-corrected chi connectivity index (χ4v) is 5.15. The summed E-state index contributed by atoms with van der Waals surface area (Å²) in [6.07, 6.45) is 19.4. The molecule has 0 unspecified atom stereocenters. The molecular formula is C36H50BrFN2O2. The van der Waals surface area contributed by atoms with Gasteiger partial charge in [0.15, 0.2) is 30.5 Å². The lowest BCUT2D eigenvalue weighted by Crippen LogP contribution is -3.00. The van der Waals surface area contributed by atoms with Gasteiger partial charge in [0.1, 0.15) is 0 Å². The van der Waals surface area contributed by atoms with Gasteiger partial charge in [-0.15, -0.1) is 0 Å². The predicted molar refractivity (Wildman–Crippen MR) is 167 cm³/mol. The number of hydrogen-bond acceptors (Lipinski definition) is 2. The summed E-state index contributed by atoms with van der Waals surface area (Å²) in [6.45, 7) is 7.55. The zero-order valence-electron chi connectivity index (χ0n) is 25.9. The molecule has 0 aliphatic heterocycles. The molecule has 0 atom stereocenters. The zero-order chi connectivity index (χ0) is 29.3. The summed E-state index contributed by atoms with van der Waals surface area (Å²) in [5.74, 6) is -0.408. The van der Waals surface area contributed by atoms with Crippen LogP contribution in [0.2, 0.25) is 0 Å². The average molecular weight is 642 g/mol. The number of rotatable bonds is 19. The van der Waals surface area contributed by atoms with Crippen LogP contribution in [0.25, 0.3) is 0 Å². The van der Waals surface area contributed by atoms with Crippen LogP contribution >= 0.6 is 0 Å². The van der Waals surface area contributed by atoms with Gasteiger partial charge in [-0.3, -0.25) is 4.79 Å². The minimum Gasteiger partial charge on any atom is -1.00 e. The Labute approximate surface area is 263 Å². The first-order valence-corrected chi connectivity index (χ1v) is 15.7. The van der Waals surface area contributed by atoms with Crippen molar-refractivity contribution in [3.8, 4) is 5.75 Å². The van der Waals surface area contributed by atoms with Gasteiger partial charge in [-0.05, 0) is 38.0 Å². The van der Waals surface area contributed by atoms with E-state index in [1.165, 1.54) is 81.4 Å². The number of pyridine rings is 1. The molecule has 0 bridgehead atoms. The maximum atomic E-state index is 14.7. The normalized spacial score (nSPS) is 10.8. The van der Waals surface area contributed by atoms with E-state index in [1.807, 2.05) is 30.5 Å². The molecule has 0 radical (unpaired) electrons. The topological polar surface area (TPSA) is 42.2 Å². The summed E-state index contributed by atoms with van der Waals surface area (Å²) in [5.41, 5.74) is 4.81. The highest BCUT2D eigenvalue weighted by atomic mass is 79.9. The van der Waals surface area contributed by atoms with Crippen LogP contribution in [0.1, 0.15) is 106 Å². The van der Waals surface area contributed by atoms with E-state index in [0.717, 1.165) is 24.1 Å². The molecule has 6 heteroatoms. The Morgan fingerprint density at radius 1 is 0.786 bits per heavy atom. The van der Waals surface area contributed by atoms with E-state index < -0.39 is 5.82 Å². The molecule has 0 saturated heterocycles. The molecule has 0 saturated carbocycles. The minimum atomic E-state index is -0.416. The monoisotopic (exact) mass is 640 g/mol. The number of aromatic nitrogens is 1. The average Bonchev–Trinajstić information content (AvgIpc) is 2.95. The maximum Gasteiger partial charge on any atom is 0.228 e. The maximum absolute atomic E-state index is 14.7. The Bertz CT molecular complexity index is 1220. The lowest BCUT2D eigenvalue weighted by Gasteiger charge is -2.14. The Hall–Kier alpha value is -2.73. The first-order valence-electron chi connectivity index (χ1n) is 15.7. The van der Waals surface area contributed by atoms with Crippen LogP contribution in [-0.4, -0.2) is 12.5 Å². The number of carbonyl (C=O) groups excluding carboxylic acids is 1. The molecule has 1 amide bonds. The molecule has 0 aliphatic carbocycles. The lowest BCUT2D eigenvalue weighted by atomic mass is 10.1. The van der Waals surface area contributed by atoms with E-state index in [4.69, 9.17) is 4.74 Å². The summed E-state index contributed by atoms with van der Waals surface area (Å²) in [6, 6.07) is 14.7. The van der Waals surface area contributed by atoms with Gasteiger partial charge in [0.2, 0.25) is 5.91 Å². The van der Waals surface area contributed by atoms with Gasteiger partial charge in [-0.1, -0.05) is 108 Å². The van der Waals surface area contributed by atoms with Crippen molar-refractivity contribution in [2.75, 3.05) is 11.9 Å². The van der Waals surface area contributed by atoms with Gasteiger partial charge in [-0.25, -0.2) is 8.96 Å². The van der Waals surface area contributed by atoms with Crippen LogP contribution in [0.15, 0.2) is 60.9 Å². The Balaban J connectivity index is 0.00000616. The molecule has 1 heterocycles. The summed E-state index contributed by atoms with van der Waals surface area (Å²) in [5, 5.41) is 3.04. The molecule has 3 rings (SSSR count). The molecule has 230 valence electrons. The second-order valence-corrected chi connectivity index (χ2v) is 11.3. The standard InChI is InChI=1S/C36H49FN2O2.BrH/c1-4-5-6-7-8-9-10-11-12-13-14-17-25-41-36-31(20-18-21-33(36)37)26-35(40)38-34-22-16-15-19-32(34)28-39-24-23-29(2)30(3)27-39;/h15-16,18-24,27H,4-14,17,25-26,28H2,1-3H3;1H. The van der Waals surface area contributed by atoms with Gasteiger partial charge in [0.05, 0.1) is 18.7 Å². The van der Waals surface area contributed by atoms with Gasteiger partial charge in [0.25, 0.3) is 0 Å². The first kappa shape index (κ1) is 35.5. The number of carbonyl (C=O) groups is 1. The number of halogens is 2. The van der Waals surface area contributed by atoms with Crippen LogP contribution in [0.4, 0.5) is 10.1 Å². The van der Waals surface area contributed by atoms with E-state index >= 15 is 0 Å². The summed E-state index contributed by atoms with van der Waals surface area (Å²) in [4.78, 5) is 13.0. The van der Waals surface area contributed by atoms with Crippen molar-refractivity contribution in [1.29, 1.82) is 0 Å². The number of nitrogens with zero attached hydrogens (tertiary/aromatic N) is 1.